The number of benzene rings is 2. The van der Waals surface area contributed by atoms with Crippen molar-refractivity contribution in [3.8, 4) is 5.75 Å². The van der Waals surface area contributed by atoms with Gasteiger partial charge in [-0.1, -0.05) is 37.6 Å². The maximum absolute atomic E-state index is 14.9. The Morgan fingerprint density at radius 3 is 2.61 bits per heavy atom. The van der Waals surface area contributed by atoms with Crippen LogP contribution in [0.5, 0.6) is 5.75 Å². The Balaban J connectivity index is 1.57. The van der Waals surface area contributed by atoms with Crippen LogP contribution >= 0.6 is 18.7 Å². The molecule has 4 rings (SSSR count). The van der Waals surface area contributed by atoms with E-state index in [0.29, 0.717) is 23.8 Å². The van der Waals surface area contributed by atoms with E-state index >= 15 is 0 Å². The van der Waals surface area contributed by atoms with Crippen molar-refractivity contribution in [2.75, 3.05) is 36.7 Å². The van der Waals surface area contributed by atoms with E-state index in [0.717, 1.165) is 24.2 Å². The summed E-state index contributed by atoms with van der Waals surface area (Å²) in [5, 5.41) is 7.13. The molecule has 12 heteroatoms. The molecule has 3 N–H and O–H groups in total. The summed E-state index contributed by atoms with van der Waals surface area (Å²) < 4.78 is 33.7. The summed E-state index contributed by atoms with van der Waals surface area (Å²) >= 11 is 6.37. The zero-order chi connectivity index (χ0) is 27.3. The number of nitrogens with one attached hydrogen (secondary N) is 3. The molecule has 0 spiro atoms. The first-order chi connectivity index (χ1) is 18.2. The second-order valence-corrected chi connectivity index (χ2v) is 12.9. The lowest BCUT2D eigenvalue weighted by molar-refractivity contribution is 0.0205. The van der Waals surface area contributed by atoms with Gasteiger partial charge in [0, 0.05) is 23.7 Å². The lowest BCUT2D eigenvalue weighted by Crippen LogP contribution is -2.26. The van der Waals surface area contributed by atoms with Crippen LogP contribution in [0.3, 0.4) is 0 Å². The normalized spacial score (nSPS) is 14.4. The molecule has 9 nitrogen and oxygen atoms in total. The number of methoxy groups -OCH3 is 1. The topological polar surface area (TPSA) is 114 Å². The van der Waals surface area contributed by atoms with E-state index in [1.54, 1.807) is 0 Å². The number of anilines is 4. The Labute approximate surface area is 225 Å². The summed E-state index contributed by atoms with van der Waals surface area (Å²) in [6, 6.07) is 9.81. The second kappa shape index (κ2) is 12.1. The first kappa shape index (κ1) is 27.8. The maximum Gasteiger partial charge on any atom is 0.277 e. The van der Waals surface area contributed by atoms with Gasteiger partial charge in [0.2, 0.25) is 5.95 Å². The highest BCUT2D eigenvalue weighted by Gasteiger charge is 2.31. The Morgan fingerprint density at radius 1 is 1.16 bits per heavy atom. The van der Waals surface area contributed by atoms with E-state index in [1.807, 2.05) is 38.1 Å². The Bertz CT molecular complexity index is 1360. The lowest BCUT2D eigenvalue weighted by atomic mass is 10.1. The summed E-state index contributed by atoms with van der Waals surface area (Å²) in [7, 11) is -1.09. The van der Waals surface area contributed by atoms with Gasteiger partial charge in [0.05, 0.1) is 36.9 Å². The highest BCUT2D eigenvalue weighted by atomic mass is 35.5. The Hall–Kier alpha value is -3.20. The van der Waals surface area contributed by atoms with Crippen LogP contribution in [0.15, 0.2) is 42.6 Å². The number of nitrogens with zero attached hydrogens (tertiary/aromatic N) is 2. The number of carbonyl (C=O) groups excluding carboxylic acids is 1. The smallest absolute Gasteiger partial charge is 0.277 e. The number of hydrogen-bond acceptors (Lipinski definition) is 8. The number of rotatable bonds is 10. The minimum atomic E-state index is -2.48. The first-order valence-electron chi connectivity index (χ1n) is 12.2. The van der Waals surface area contributed by atoms with E-state index in [4.69, 9.17) is 21.2 Å². The number of halogens is 2. The van der Waals surface area contributed by atoms with Gasteiger partial charge in [-0.15, -0.1) is 0 Å². The van der Waals surface area contributed by atoms with Crippen molar-refractivity contribution in [2.45, 2.75) is 26.7 Å². The molecule has 3 aromatic rings. The fraction of sp³-hybridized carbons (Fsp3) is 0.346. The van der Waals surface area contributed by atoms with Crippen LogP contribution in [0.2, 0.25) is 5.02 Å². The fourth-order valence-corrected chi connectivity index (χ4v) is 7.35. The van der Waals surface area contributed by atoms with Gasteiger partial charge in [-0.3, -0.25) is 9.63 Å². The summed E-state index contributed by atoms with van der Waals surface area (Å²) in [4.78, 5) is 26.1. The highest BCUT2D eigenvalue weighted by molar-refractivity contribution is 7.72. The number of ether oxygens (including phenoxy) is 1. The Morgan fingerprint density at radius 2 is 1.89 bits per heavy atom. The predicted octanol–water partition coefficient (Wildman–Crippen LogP) is 5.86. The van der Waals surface area contributed by atoms with Gasteiger partial charge in [-0.25, -0.2) is 14.9 Å². The zero-order valence-electron chi connectivity index (χ0n) is 21.4. The maximum atomic E-state index is 14.9. The molecule has 0 saturated carbocycles. The molecular formula is C26H30ClFN5O4P. The molecule has 1 fully saturated rings. The number of para-hydroxylation sites is 1. The SMILES string of the molecule is COc1cc(C(=O)NOCC(C)C)c(F)cc1Nc1ncc(Cl)c(Nc2ccccc2P2(=O)CCCC2)n1. The van der Waals surface area contributed by atoms with Crippen molar-refractivity contribution in [1.82, 2.24) is 15.4 Å². The summed E-state index contributed by atoms with van der Waals surface area (Å²) in [5.41, 5.74) is 2.86. The summed E-state index contributed by atoms with van der Waals surface area (Å²) in [5.74, 6) is -0.738. The first-order valence-corrected chi connectivity index (χ1v) is 14.7. The number of aromatic nitrogens is 2. The molecule has 2 heterocycles. The van der Waals surface area contributed by atoms with Gasteiger partial charge in [0.15, 0.2) is 5.82 Å². The average molecular weight is 562 g/mol. The van der Waals surface area contributed by atoms with Crippen molar-refractivity contribution in [3.63, 3.8) is 0 Å². The molecule has 1 aromatic heterocycles. The molecule has 38 heavy (non-hydrogen) atoms. The van der Waals surface area contributed by atoms with Crippen LogP contribution < -0.4 is 26.2 Å². The van der Waals surface area contributed by atoms with Crippen LogP contribution in [-0.2, 0) is 9.40 Å². The zero-order valence-corrected chi connectivity index (χ0v) is 23.0. The molecule has 1 aliphatic rings. The van der Waals surface area contributed by atoms with E-state index in [9.17, 15) is 13.8 Å². The molecule has 1 saturated heterocycles. The molecule has 0 aliphatic carbocycles. The molecule has 2 aromatic carbocycles. The van der Waals surface area contributed by atoms with Gasteiger partial charge < -0.3 is 19.9 Å². The number of hydroxylamine groups is 1. The average Bonchev–Trinajstić information content (AvgIpc) is 3.33. The summed E-state index contributed by atoms with van der Waals surface area (Å²) in [6.45, 7) is 4.13. The fourth-order valence-electron chi connectivity index (χ4n) is 4.11. The van der Waals surface area contributed by atoms with Crippen molar-refractivity contribution in [2.24, 2.45) is 5.92 Å². The number of amides is 1. The van der Waals surface area contributed by atoms with Crippen molar-refractivity contribution in [1.29, 1.82) is 0 Å². The number of carbonyl (C=O) groups is 1. The molecule has 1 aliphatic heterocycles. The third kappa shape index (κ3) is 6.43. The van der Waals surface area contributed by atoms with E-state index in [2.05, 4.69) is 26.1 Å². The minimum Gasteiger partial charge on any atom is -0.495 e. The standard InChI is InChI=1S/C26H30ClFN5O4P/c1-16(2)15-37-33-25(34)17-12-22(36-3)21(13-19(17)28)31-26-29-14-18(27)24(32-26)30-20-8-4-5-9-23(20)38(35)10-6-7-11-38/h4-5,8-9,12-14,16H,6-7,10-11,15H2,1-3H3,(H,33,34)(H2,29,30,31,32). The van der Waals surface area contributed by atoms with Crippen molar-refractivity contribution in [3.05, 3.63) is 59.0 Å². The van der Waals surface area contributed by atoms with Crippen LogP contribution in [0.4, 0.5) is 27.5 Å². The van der Waals surface area contributed by atoms with Gasteiger partial charge in [0.25, 0.3) is 5.91 Å². The van der Waals surface area contributed by atoms with Gasteiger partial charge >= 0.3 is 0 Å². The molecule has 0 unspecified atom stereocenters. The van der Waals surface area contributed by atoms with E-state index in [1.165, 1.54) is 19.4 Å². The van der Waals surface area contributed by atoms with Crippen LogP contribution in [0.25, 0.3) is 0 Å². The predicted molar refractivity (Wildman–Crippen MR) is 147 cm³/mol. The van der Waals surface area contributed by atoms with Crippen LogP contribution in [-0.4, -0.2) is 41.9 Å². The Kier molecular flexibility index (Phi) is 8.87. The van der Waals surface area contributed by atoms with Gasteiger partial charge in [0.1, 0.15) is 23.7 Å². The molecule has 0 radical (unpaired) electrons. The third-order valence-corrected chi connectivity index (χ3v) is 9.61. The molecule has 0 atom stereocenters. The third-order valence-electron chi connectivity index (χ3n) is 5.99. The summed E-state index contributed by atoms with van der Waals surface area (Å²) in [6.07, 6.45) is 4.64. The van der Waals surface area contributed by atoms with Crippen molar-refractivity contribution < 1.29 is 23.3 Å². The van der Waals surface area contributed by atoms with Gasteiger partial charge in [-0.05, 0) is 37.0 Å². The lowest BCUT2D eigenvalue weighted by Gasteiger charge is -2.18. The van der Waals surface area contributed by atoms with E-state index in [-0.39, 0.29) is 40.5 Å². The largest absolute Gasteiger partial charge is 0.495 e. The molecule has 202 valence electrons. The molecule has 1 amide bonds. The van der Waals surface area contributed by atoms with Gasteiger partial charge in [-0.2, -0.15) is 4.98 Å². The van der Waals surface area contributed by atoms with Crippen LogP contribution in [0, 0.1) is 11.7 Å². The molecular weight excluding hydrogens is 532 g/mol. The number of hydrogen-bond donors (Lipinski definition) is 3. The second-order valence-electron chi connectivity index (χ2n) is 9.37. The molecule has 0 bridgehead atoms. The highest BCUT2D eigenvalue weighted by Crippen LogP contribution is 2.52. The quantitative estimate of drug-likeness (QED) is 0.208. The van der Waals surface area contributed by atoms with Crippen LogP contribution in [0.1, 0.15) is 37.0 Å². The van der Waals surface area contributed by atoms with E-state index < -0.39 is 18.9 Å². The van der Waals surface area contributed by atoms with Crippen molar-refractivity contribution >= 4 is 53.1 Å². The monoisotopic (exact) mass is 561 g/mol. The minimum absolute atomic E-state index is 0.108.